The van der Waals surface area contributed by atoms with Gasteiger partial charge in [0.1, 0.15) is 0 Å². The number of rotatable bonds is 0. The van der Waals surface area contributed by atoms with Crippen molar-refractivity contribution < 1.29 is 9.59 Å². The Morgan fingerprint density at radius 1 is 1.36 bits per heavy atom. The summed E-state index contributed by atoms with van der Waals surface area (Å²) >= 11 is 10.0. The standard InChI is InChI=1S/C9H6ClNO2S/c1-3-5(10)2-4-6(7(3)14)9(13)11-8(4)12/h2,14H,1H3,(H,11,12,13). The average Bonchev–Trinajstić information content (AvgIpc) is 2.38. The minimum Gasteiger partial charge on any atom is -0.288 e. The van der Waals surface area contributed by atoms with Crippen LogP contribution in [0.5, 0.6) is 0 Å². The van der Waals surface area contributed by atoms with E-state index in [1.54, 1.807) is 6.92 Å². The maximum atomic E-state index is 11.3. The molecule has 0 spiro atoms. The van der Waals surface area contributed by atoms with E-state index in [-0.39, 0.29) is 0 Å². The van der Waals surface area contributed by atoms with Crippen molar-refractivity contribution in [3.05, 3.63) is 27.8 Å². The average molecular weight is 228 g/mol. The van der Waals surface area contributed by atoms with Crippen LogP contribution in [0.3, 0.4) is 0 Å². The maximum absolute atomic E-state index is 11.3. The fraction of sp³-hybridized carbons (Fsp3) is 0.111. The third-order valence-corrected chi connectivity index (χ3v) is 3.14. The van der Waals surface area contributed by atoms with Crippen LogP contribution in [0.25, 0.3) is 0 Å². The fourth-order valence-corrected chi connectivity index (χ4v) is 1.99. The van der Waals surface area contributed by atoms with Crippen molar-refractivity contribution in [2.24, 2.45) is 0 Å². The molecule has 1 aliphatic rings. The van der Waals surface area contributed by atoms with Crippen LogP contribution in [0.4, 0.5) is 0 Å². The molecule has 1 aromatic carbocycles. The molecule has 0 bridgehead atoms. The lowest BCUT2D eigenvalue weighted by Crippen LogP contribution is -2.20. The normalized spacial score (nSPS) is 14.2. The molecular weight excluding hydrogens is 222 g/mol. The second-order valence-electron chi connectivity index (χ2n) is 3.04. The van der Waals surface area contributed by atoms with Gasteiger partial charge in [0, 0.05) is 9.92 Å². The zero-order valence-electron chi connectivity index (χ0n) is 7.22. The number of carbonyl (C=O) groups is 2. The molecule has 0 radical (unpaired) electrons. The van der Waals surface area contributed by atoms with Crippen LogP contribution < -0.4 is 5.32 Å². The van der Waals surface area contributed by atoms with Crippen LogP contribution in [0.2, 0.25) is 5.02 Å². The third kappa shape index (κ3) is 1.14. The molecule has 0 fully saturated rings. The van der Waals surface area contributed by atoms with Crippen LogP contribution in [0.15, 0.2) is 11.0 Å². The van der Waals surface area contributed by atoms with Gasteiger partial charge in [0.05, 0.1) is 11.1 Å². The van der Waals surface area contributed by atoms with Gasteiger partial charge in [0.25, 0.3) is 11.8 Å². The molecule has 0 saturated heterocycles. The lowest BCUT2D eigenvalue weighted by molar-refractivity contribution is 0.0879. The number of benzene rings is 1. The zero-order valence-corrected chi connectivity index (χ0v) is 8.87. The first kappa shape index (κ1) is 9.55. The quantitative estimate of drug-likeness (QED) is 0.525. The van der Waals surface area contributed by atoms with E-state index in [9.17, 15) is 9.59 Å². The van der Waals surface area contributed by atoms with Crippen molar-refractivity contribution >= 4 is 36.0 Å². The summed E-state index contributed by atoms with van der Waals surface area (Å²) in [6.07, 6.45) is 0. The minimum absolute atomic E-state index is 0.301. The van der Waals surface area contributed by atoms with E-state index < -0.39 is 11.8 Å². The molecule has 2 amide bonds. The molecule has 0 saturated carbocycles. The monoisotopic (exact) mass is 227 g/mol. The van der Waals surface area contributed by atoms with Gasteiger partial charge < -0.3 is 0 Å². The number of nitrogens with one attached hydrogen (secondary N) is 1. The molecule has 0 unspecified atom stereocenters. The van der Waals surface area contributed by atoms with Gasteiger partial charge in [0.15, 0.2) is 0 Å². The van der Waals surface area contributed by atoms with Gasteiger partial charge in [-0.25, -0.2) is 0 Å². The number of thiol groups is 1. The molecule has 2 rings (SSSR count). The van der Waals surface area contributed by atoms with Gasteiger partial charge in [-0.15, -0.1) is 12.6 Å². The summed E-state index contributed by atoms with van der Waals surface area (Å²) < 4.78 is 0. The first-order valence-electron chi connectivity index (χ1n) is 3.90. The molecule has 72 valence electrons. The Hall–Kier alpha value is -1.00. The largest absolute Gasteiger partial charge is 0.288 e. The van der Waals surface area contributed by atoms with Crippen LogP contribution in [-0.2, 0) is 0 Å². The second kappa shape index (κ2) is 3.00. The first-order valence-corrected chi connectivity index (χ1v) is 4.72. The Kier molecular flexibility index (Phi) is 2.05. The van der Waals surface area contributed by atoms with E-state index in [0.717, 1.165) is 0 Å². The highest BCUT2D eigenvalue weighted by Crippen LogP contribution is 2.31. The Labute approximate surface area is 90.9 Å². The van der Waals surface area contributed by atoms with E-state index in [1.165, 1.54) is 6.07 Å². The molecule has 1 N–H and O–H groups in total. The maximum Gasteiger partial charge on any atom is 0.260 e. The van der Waals surface area contributed by atoms with E-state index in [2.05, 4.69) is 17.9 Å². The number of hydrogen-bond donors (Lipinski definition) is 2. The van der Waals surface area contributed by atoms with E-state index in [4.69, 9.17) is 11.6 Å². The number of imide groups is 1. The summed E-state index contributed by atoms with van der Waals surface area (Å²) in [5.41, 5.74) is 1.33. The van der Waals surface area contributed by atoms with Crippen molar-refractivity contribution in [3.63, 3.8) is 0 Å². The van der Waals surface area contributed by atoms with Gasteiger partial charge in [-0.1, -0.05) is 11.6 Å². The Bertz CT molecular complexity index is 470. The molecule has 5 heteroatoms. The van der Waals surface area contributed by atoms with E-state index in [0.29, 0.717) is 26.6 Å². The zero-order chi connectivity index (χ0) is 10.5. The summed E-state index contributed by atoms with van der Waals surface area (Å²) in [6.45, 7) is 1.75. The number of hydrogen-bond acceptors (Lipinski definition) is 3. The Morgan fingerprint density at radius 3 is 2.64 bits per heavy atom. The molecule has 1 aromatic rings. The molecule has 14 heavy (non-hydrogen) atoms. The summed E-state index contributed by atoms with van der Waals surface area (Å²) in [5, 5.41) is 2.64. The van der Waals surface area contributed by atoms with Crippen LogP contribution in [-0.4, -0.2) is 11.8 Å². The SMILES string of the molecule is Cc1c(Cl)cc2c(c1S)C(=O)NC2=O. The third-order valence-electron chi connectivity index (χ3n) is 2.19. The fourth-order valence-electron chi connectivity index (χ4n) is 1.38. The smallest absolute Gasteiger partial charge is 0.260 e. The van der Waals surface area contributed by atoms with Gasteiger partial charge in [-0.05, 0) is 18.6 Å². The topological polar surface area (TPSA) is 46.2 Å². The van der Waals surface area contributed by atoms with Gasteiger partial charge in [-0.3, -0.25) is 14.9 Å². The number of fused-ring (bicyclic) bond motifs is 1. The van der Waals surface area contributed by atoms with Crippen molar-refractivity contribution in [3.8, 4) is 0 Å². The molecular formula is C9H6ClNO2S. The minimum atomic E-state index is -0.415. The molecule has 0 aliphatic carbocycles. The predicted octanol–water partition coefficient (Wildman–Crippen LogP) is 1.82. The number of halogens is 1. The highest BCUT2D eigenvalue weighted by atomic mass is 35.5. The molecule has 3 nitrogen and oxygen atoms in total. The first-order chi connectivity index (χ1) is 6.52. The lowest BCUT2D eigenvalue weighted by atomic mass is 10.1. The molecule has 1 aliphatic heterocycles. The van der Waals surface area contributed by atoms with Crippen molar-refractivity contribution in [2.75, 3.05) is 0 Å². The number of carbonyl (C=O) groups excluding carboxylic acids is 2. The van der Waals surface area contributed by atoms with Gasteiger partial charge in [0.2, 0.25) is 0 Å². The van der Waals surface area contributed by atoms with Crippen molar-refractivity contribution in [2.45, 2.75) is 11.8 Å². The molecule has 0 aromatic heterocycles. The Morgan fingerprint density at radius 2 is 2.00 bits per heavy atom. The van der Waals surface area contributed by atoms with E-state index in [1.807, 2.05) is 0 Å². The van der Waals surface area contributed by atoms with Crippen molar-refractivity contribution in [1.82, 2.24) is 5.32 Å². The van der Waals surface area contributed by atoms with Crippen LogP contribution >= 0.6 is 24.2 Å². The summed E-state index contributed by atoms with van der Waals surface area (Å²) in [4.78, 5) is 23.1. The lowest BCUT2D eigenvalue weighted by Gasteiger charge is -2.05. The predicted molar refractivity (Wildman–Crippen MR) is 55.2 cm³/mol. The van der Waals surface area contributed by atoms with Gasteiger partial charge in [-0.2, -0.15) is 0 Å². The van der Waals surface area contributed by atoms with Crippen molar-refractivity contribution in [1.29, 1.82) is 0 Å². The second-order valence-corrected chi connectivity index (χ2v) is 3.89. The highest BCUT2D eigenvalue weighted by molar-refractivity contribution is 7.80. The molecule has 1 heterocycles. The van der Waals surface area contributed by atoms with E-state index >= 15 is 0 Å². The summed E-state index contributed by atoms with van der Waals surface area (Å²) in [7, 11) is 0. The molecule has 0 atom stereocenters. The van der Waals surface area contributed by atoms with Gasteiger partial charge >= 0.3 is 0 Å². The highest BCUT2D eigenvalue weighted by Gasteiger charge is 2.30. The van der Waals surface area contributed by atoms with Crippen LogP contribution in [0.1, 0.15) is 26.3 Å². The summed E-state index contributed by atoms with van der Waals surface area (Å²) in [6, 6.07) is 1.49. The van der Waals surface area contributed by atoms with Crippen LogP contribution in [0, 0.1) is 6.92 Å². The Balaban J connectivity index is 2.82. The summed E-state index contributed by atoms with van der Waals surface area (Å²) in [5.74, 6) is -0.822. The number of amides is 2.